The highest BCUT2D eigenvalue weighted by Gasteiger charge is 2.33. The molecule has 6 nitrogen and oxygen atoms in total. The van der Waals surface area contributed by atoms with Crippen molar-refractivity contribution in [3.8, 4) is 5.75 Å². The zero-order chi connectivity index (χ0) is 26.1. The fourth-order valence-corrected chi connectivity index (χ4v) is 6.06. The quantitative estimate of drug-likeness (QED) is 0.267. The van der Waals surface area contributed by atoms with Crippen LogP contribution >= 0.6 is 23.1 Å². The summed E-state index contributed by atoms with van der Waals surface area (Å²) in [5.74, 6) is 0.213. The monoisotopic (exact) mass is 530 g/mol. The third-order valence-electron chi connectivity index (χ3n) is 6.37. The number of esters is 1. The fraction of sp³-hybridized carbons (Fsp3) is 0.207. The lowest BCUT2D eigenvalue weighted by molar-refractivity contribution is -0.139. The second kappa shape index (κ2) is 10.4. The molecule has 0 saturated heterocycles. The Labute approximate surface area is 222 Å². The topological polar surface area (TPSA) is 69.9 Å². The van der Waals surface area contributed by atoms with E-state index in [2.05, 4.69) is 4.99 Å². The Bertz CT molecular complexity index is 1720. The largest absolute Gasteiger partial charge is 0.496 e. The summed E-state index contributed by atoms with van der Waals surface area (Å²) in [6.07, 6.45) is 3.87. The van der Waals surface area contributed by atoms with Gasteiger partial charge in [0.05, 0.1) is 35.6 Å². The third-order valence-corrected chi connectivity index (χ3v) is 8.10. The van der Waals surface area contributed by atoms with Gasteiger partial charge in [0.15, 0.2) is 4.80 Å². The summed E-state index contributed by atoms with van der Waals surface area (Å²) in [5.41, 5.74) is 2.36. The van der Waals surface area contributed by atoms with E-state index in [9.17, 15) is 9.59 Å². The van der Waals surface area contributed by atoms with Gasteiger partial charge in [-0.25, -0.2) is 9.79 Å². The summed E-state index contributed by atoms with van der Waals surface area (Å²) in [4.78, 5) is 33.3. The molecule has 4 aromatic rings. The number of fused-ring (bicyclic) bond motifs is 2. The van der Waals surface area contributed by atoms with Crippen LogP contribution < -0.4 is 19.6 Å². The van der Waals surface area contributed by atoms with Crippen LogP contribution in [0.3, 0.4) is 0 Å². The molecule has 1 aromatic heterocycles. The molecule has 5 rings (SSSR count). The summed E-state index contributed by atoms with van der Waals surface area (Å²) in [6.45, 7) is 3.79. The molecule has 0 radical (unpaired) electrons. The molecule has 188 valence electrons. The molecule has 0 spiro atoms. The number of thioether (sulfide) groups is 1. The molecule has 1 unspecified atom stereocenters. The molecule has 1 aliphatic heterocycles. The summed E-state index contributed by atoms with van der Waals surface area (Å²) in [7, 11) is 1.62. The highest BCUT2D eigenvalue weighted by atomic mass is 32.2. The van der Waals surface area contributed by atoms with Crippen molar-refractivity contribution in [2.24, 2.45) is 4.99 Å². The Kier molecular flexibility index (Phi) is 7.04. The van der Waals surface area contributed by atoms with E-state index in [1.807, 2.05) is 73.0 Å². The minimum absolute atomic E-state index is 0.216. The van der Waals surface area contributed by atoms with Crippen LogP contribution in [0.2, 0.25) is 0 Å². The molecule has 2 heterocycles. The maximum atomic E-state index is 14.0. The number of aromatic nitrogens is 1. The number of carbonyl (C=O) groups excluding carboxylic acids is 1. The first-order valence-electron chi connectivity index (χ1n) is 11.9. The molecule has 0 fully saturated rings. The summed E-state index contributed by atoms with van der Waals surface area (Å²) < 4.78 is 13.2. The van der Waals surface area contributed by atoms with E-state index in [4.69, 9.17) is 9.47 Å². The normalized spacial score (nSPS) is 15.5. The molecular weight excluding hydrogens is 504 g/mol. The van der Waals surface area contributed by atoms with E-state index in [1.165, 1.54) is 11.3 Å². The van der Waals surface area contributed by atoms with Gasteiger partial charge in [-0.3, -0.25) is 9.36 Å². The van der Waals surface area contributed by atoms with Gasteiger partial charge in [0, 0.05) is 10.5 Å². The molecule has 3 aromatic carbocycles. The van der Waals surface area contributed by atoms with Crippen molar-refractivity contribution < 1.29 is 14.3 Å². The number of hydrogen-bond acceptors (Lipinski definition) is 7. The van der Waals surface area contributed by atoms with Crippen LogP contribution in [0.15, 0.2) is 86.6 Å². The Morgan fingerprint density at radius 1 is 1.14 bits per heavy atom. The molecule has 1 aliphatic rings. The summed E-state index contributed by atoms with van der Waals surface area (Å²) >= 11 is 2.94. The van der Waals surface area contributed by atoms with Gasteiger partial charge in [0.1, 0.15) is 5.75 Å². The van der Waals surface area contributed by atoms with Crippen molar-refractivity contribution in [2.75, 3.05) is 20.0 Å². The van der Waals surface area contributed by atoms with Crippen LogP contribution in [0.5, 0.6) is 5.75 Å². The molecule has 37 heavy (non-hydrogen) atoms. The number of allylic oxidation sites excluding steroid dienone is 1. The zero-order valence-electron chi connectivity index (χ0n) is 21.0. The van der Waals surface area contributed by atoms with Gasteiger partial charge < -0.3 is 9.47 Å². The van der Waals surface area contributed by atoms with Crippen LogP contribution in [-0.4, -0.2) is 30.5 Å². The predicted octanol–water partition coefficient (Wildman–Crippen LogP) is 4.68. The lowest BCUT2D eigenvalue weighted by Crippen LogP contribution is -2.39. The van der Waals surface area contributed by atoms with Crippen LogP contribution in [0.1, 0.15) is 31.0 Å². The molecule has 8 heteroatoms. The number of carbonyl (C=O) groups is 1. The van der Waals surface area contributed by atoms with E-state index < -0.39 is 12.0 Å². The average molecular weight is 531 g/mol. The molecule has 0 saturated carbocycles. The van der Waals surface area contributed by atoms with Gasteiger partial charge in [0.2, 0.25) is 0 Å². The van der Waals surface area contributed by atoms with E-state index in [0.717, 1.165) is 26.8 Å². The number of nitrogens with zero attached hydrogens (tertiary/aromatic N) is 2. The van der Waals surface area contributed by atoms with Gasteiger partial charge >= 0.3 is 5.97 Å². The first-order valence-corrected chi connectivity index (χ1v) is 13.9. The smallest absolute Gasteiger partial charge is 0.338 e. The second-order valence-electron chi connectivity index (χ2n) is 8.48. The minimum atomic E-state index is -0.636. The van der Waals surface area contributed by atoms with Crippen molar-refractivity contribution >= 4 is 45.9 Å². The molecule has 0 amide bonds. The molecule has 0 aliphatic carbocycles. The third kappa shape index (κ3) is 4.51. The molecular formula is C29H26N2O4S2. The van der Waals surface area contributed by atoms with Crippen LogP contribution in [-0.2, 0) is 9.53 Å². The van der Waals surface area contributed by atoms with Crippen molar-refractivity contribution in [3.05, 3.63) is 103 Å². The minimum Gasteiger partial charge on any atom is -0.496 e. The van der Waals surface area contributed by atoms with Crippen LogP contribution in [0.4, 0.5) is 0 Å². The van der Waals surface area contributed by atoms with Crippen LogP contribution in [0.25, 0.3) is 16.8 Å². The highest BCUT2D eigenvalue weighted by Crippen LogP contribution is 2.32. The maximum Gasteiger partial charge on any atom is 0.338 e. The molecule has 0 bridgehead atoms. The maximum absolute atomic E-state index is 14.0. The first kappa shape index (κ1) is 25.0. The second-order valence-corrected chi connectivity index (χ2v) is 10.4. The SMILES string of the molecule is CCOC(=O)C1=C(C)N=c2s/c(=C\c3c(OC)ccc4ccccc34)c(=O)n2C1c1ccc(SC)cc1. The van der Waals surface area contributed by atoms with Crippen molar-refractivity contribution in [2.45, 2.75) is 24.8 Å². The van der Waals surface area contributed by atoms with E-state index in [0.29, 0.717) is 26.4 Å². The number of ether oxygens (including phenoxy) is 2. The predicted molar refractivity (Wildman–Crippen MR) is 149 cm³/mol. The average Bonchev–Trinajstić information content (AvgIpc) is 3.22. The van der Waals surface area contributed by atoms with Gasteiger partial charge in [-0.05, 0) is 60.7 Å². The van der Waals surface area contributed by atoms with E-state index in [-0.39, 0.29) is 12.2 Å². The van der Waals surface area contributed by atoms with Crippen molar-refractivity contribution in [1.82, 2.24) is 4.57 Å². The number of methoxy groups -OCH3 is 1. The Morgan fingerprint density at radius 2 is 1.89 bits per heavy atom. The number of rotatable bonds is 6. The lowest BCUT2D eigenvalue weighted by Gasteiger charge is -2.24. The van der Waals surface area contributed by atoms with Gasteiger partial charge in [-0.1, -0.05) is 53.8 Å². The van der Waals surface area contributed by atoms with Gasteiger partial charge in [0.25, 0.3) is 5.56 Å². The lowest BCUT2D eigenvalue weighted by atomic mass is 9.96. The number of benzene rings is 3. The summed E-state index contributed by atoms with van der Waals surface area (Å²) in [5, 5.41) is 2.04. The number of thiazole rings is 1. The van der Waals surface area contributed by atoms with Gasteiger partial charge in [-0.15, -0.1) is 11.8 Å². The van der Waals surface area contributed by atoms with Gasteiger partial charge in [-0.2, -0.15) is 0 Å². The Hall–Kier alpha value is -3.62. The first-order chi connectivity index (χ1) is 18.0. The van der Waals surface area contributed by atoms with E-state index in [1.54, 1.807) is 37.3 Å². The molecule has 1 atom stereocenters. The Morgan fingerprint density at radius 3 is 2.59 bits per heavy atom. The van der Waals surface area contributed by atoms with E-state index >= 15 is 0 Å². The van der Waals surface area contributed by atoms with Crippen molar-refractivity contribution in [3.63, 3.8) is 0 Å². The molecule has 0 N–H and O–H groups in total. The van der Waals surface area contributed by atoms with Crippen molar-refractivity contribution in [1.29, 1.82) is 0 Å². The van der Waals surface area contributed by atoms with Crippen LogP contribution in [0, 0.1) is 0 Å². The fourth-order valence-electron chi connectivity index (χ4n) is 4.63. The number of hydrogen-bond donors (Lipinski definition) is 0. The Balaban J connectivity index is 1.77. The summed E-state index contributed by atoms with van der Waals surface area (Å²) in [6, 6.07) is 19.2. The zero-order valence-corrected chi connectivity index (χ0v) is 22.6. The standard InChI is InChI=1S/C29H26N2O4S2/c1-5-35-28(33)25-17(2)30-29-31(26(25)19-10-13-20(36-4)14-11-19)27(32)24(37-29)16-22-21-9-7-6-8-18(21)12-15-23(22)34-3/h6-16,26H,5H2,1-4H3/b24-16-. The highest BCUT2D eigenvalue weighted by molar-refractivity contribution is 7.98.